The monoisotopic (exact) mass is 359 g/mol. The lowest BCUT2D eigenvalue weighted by molar-refractivity contribution is -0.143. The predicted octanol–water partition coefficient (Wildman–Crippen LogP) is 3.79. The fourth-order valence-electron chi connectivity index (χ4n) is 3.12. The minimum Gasteiger partial charge on any atom is -0.467 e. The lowest BCUT2D eigenvalue weighted by Crippen LogP contribution is -2.46. The van der Waals surface area contributed by atoms with Crippen molar-refractivity contribution in [3.8, 4) is 0 Å². The summed E-state index contributed by atoms with van der Waals surface area (Å²) in [5, 5.41) is 2.87. The molecule has 3 aromatic rings. The first-order chi connectivity index (χ1) is 13.2. The molecule has 136 valence electrons. The van der Waals surface area contributed by atoms with Gasteiger partial charge in [-0.05, 0) is 23.3 Å². The van der Waals surface area contributed by atoms with Gasteiger partial charge in [0.2, 0.25) is 0 Å². The van der Waals surface area contributed by atoms with Gasteiger partial charge in [-0.3, -0.25) is 4.79 Å². The topological polar surface area (TPSA) is 55.4 Å². The highest BCUT2D eigenvalue weighted by Crippen LogP contribution is 2.29. The molecule has 27 heavy (non-hydrogen) atoms. The van der Waals surface area contributed by atoms with Gasteiger partial charge in [0.05, 0.1) is 7.11 Å². The normalized spacial score (nSPS) is 11.6. The fraction of sp³-hybridized carbons (Fsp3) is 0.130. The van der Waals surface area contributed by atoms with Gasteiger partial charge in [0, 0.05) is 11.5 Å². The molecule has 0 saturated carbocycles. The van der Waals surface area contributed by atoms with Crippen molar-refractivity contribution in [3.63, 3.8) is 0 Å². The van der Waals surface area contributed by atoms with Crippen molar-refractivity contribution in [2.75, 3.05) is 7.11 Å². The first kappa shape index (κ1) is 18.4. The first-order valence-electron chi connectivity index (χ1n) is 8.74. The van der Waals surface area contributed by atoms with Gasteiger partial charge in [-0.15, -0.1) is 0 Å². The summed E-state index contributed by atoms with van der Waals surface area (Å²) >= 11 is 0. The van der Waals surface area contributed by atoms with E-state index in [9.17, 15) is 9.59 Å². The van der Waals surface area contributed by atoms with Crippen LogP contribution in [0.25, 0.3) is 0 Å². The van der Waals surface area contributed by atoms with E-state index in [0.717, 1.165) is 11.1 Å². The molecule has 4 nitrogen and oxygen atoms in total. The molecule has 0 fully saturated rings. The summed E-state index contributed by atoms with van der Waals surface area (Å²) in [5.74, 6) is -1.17. The third kappa shape index (κ3) is 4.42. The molecule has 1 atom stereocenters. The third-order valence-corrected chi connectivity index (χ3v) is 4.43. The Labute approximate surface area is 158 Å². The Balaban J connectivity index is 2.01. The van der Waals surface area contributed by atoms with Gasteiger partial charge >= 0.3 is 5.97 Å². The van der Waals surface area contributed by atoms with Crippen molar-refractivity contribution >= 4 is 11.9 Å². The van der Waals surface area contributed by atoms with Crippen LogP contribution >= 0.6 is 0 Å². The van der Waals surface area contributed by atoms with Crippen molar-refractivity contribution in [1.82, 2.24) is 5.32 Å². The summed E-state index contributed by atoms with van der Waals surface area (Å²) in [5.41, 5.74) is 2.34. The Bertz CT molecular complexity index is 840. The van der Waals surface area contributed by atoms with Crippen LogP contribution in [0.4, 0.5) is 0 Å². The van der Waals surface area contributed by atoms with Crippen LogP contribution < -0.4 is 5.32 Å². The van der Waals surface area contributed by atoms with E-state index in [1.54, 1.807) is 24.3 Å². The summed E-state index contributed by atoms with van der Waals surface area (Å²) in [7, 11) is 1.33. The minimum atomic E-state index is -0.854. The summed E-state index contributed by atoms with van der Waals surface area (Å²) in [6, 6.07) is 27.3. The number of ether oxygens (including phenoxy) is 1. The lowest BCUT2D eigenvalue weighted by Gasteiger charge is -2.27. The molecule has 0 aliphatic carbocycles. The predicted molar refractivity (Wildman–Crippen MR) is 104 cm³/mol. The Hall–Kier alpha value is -3.40. The molecule has 0 aliphatic heterocycles. The van der Waals surface area contributed by atoms with Crippen LogP contribution in [0.5, 0.6) is 0 Å². The second-order valence-corrected chi connectivity index (χ2v) is 6.14. The number of carbonyl (C=O) groups excluding carboxylic acids is 2. The standard InChI is InChI=1S/C23H21NO3/c1-27-23(26)21(24-22(25)19-15-9-4-10-16-19)20(17-11-5-2-6-12-17)18-13-7-3-8-14-18/h2-16,20-21H,1H3,(H,24,25). The zero-order chi connectivity index (χ0) is 19.1. The van der Waals surface area contributed by atoms with Gasteiger partial charge in [-0.25, -0.2) is 4.79 Å². The van der Waals surface area contributed by atoms with Crippen molar-refractivity contribution in [1.29, 1.82) is 0 Å². The van der Waals surface area contributed by atoms with E-state index < -0.39 is 12.0 Å². The van der Waals surface area contributed by atoms with Crippen molar-refractivity contribution < 1.29 is 14.3 Å². The zero-order valence-electron chi connectivity index (χ0n) is 15.0. The van der Waals surface area contributed by atoms with Crippen LogP contribution in [-0.4, -0.2) is 25.0 Å². The second-order valence-electron chi connectivity index (χ2n) is 6.14. The molecule has 1 amide bonds. The number of carbonyl (C=O) groups is 2. The van der Waals surface area contributed by atoms with E-state index in [2.05, 4.69) is 5.32 Å². The van der Waals surface area contributed by atoms with E-state index in [1.807, 2.05) is 66.7 Å². The van der Waals surface area contributed by atoms with Crippen LogP contribution in [0, 0.1) is 0 Å². The van der Waals surface area contributed by atoms with Crippen molar-refractivity contribution in [2.45, 2.75) is 12.0 Å². The van der Waals surface area contributed by atoms with Gasteiger partial charge in [0.25, 0.3) is 5.91 Å². The maximum Gasteiger partial charge on any atom is 0.329 e. The molecule has 0 radical (unpaired) electrons. The molecule has 0 saturated heterocycles. The van der Waals surface area contributed by atoms with Gasteiger partial charge in [0.15, 0.2) is 0 Å². The molecular weight excluding hydrogens is 338 g/mol. The summed E-state index contributed by atoms with van der Waals surface area (Å²) < 4.78 is 5.02. The molecule has 1 unspecified atom stereocenters. The molecule has 1 N–H and O–H groups in total. The fourth-order valence-corrected chi connectivity index (χ4v) is 3.12. The van der Waals surface area contributed by atoms with Crippen LogP contribution in [-0.2, 0) is 9.53 Å². The SMILES string of the molecule is COC(=O)C(NC(=O)c1ccccc1)C(c1ccccc1)c1ccccc1. The van der Waals surface area contributed by atoms with Gasteiger partial charge < -0.3 is 10.1 Å². The molecule has 4 heteroatoms. The molecule has 0 aliphatic rings. The Morgan fingerprint density at radius 1 is 0.741 bits per heavy atom. The number of rotatable bonds is 6. The molecule has 0 aromatic heterocycles. The smallest absolute Gasteiger partial charge is 0.329 e. The van der Waals surface area contributed by atoms with E-state index in [-0.39, 0.29) is 11.8 Å². The van der Waals surface area contributed by atoms with Gasteiger partial charge in [0.1, 0.15) is 6.04 Å². The number of methoxy groups -OCH3 is 1. The van der Waals surface area contributed by atoms with Gasteiger partial charge in [-0.2, -0.15) is 0 Å². The van der Waals surface area contributed by atoms with E-state index in [0.29, 0.717) is 5.56 Å². The Morgan fingerprint density at radius 2 is 1.19 bits per heavy atom. The number of hydrogen-bond acceptors (Lipinski definition) is 3. The average molecular weight is 359 g/mol. The van der Waals surface area contributed by atoms with E-state index in [4.69, 9.17) is 4.74 Å². The highest BCUT2D eigenvalue weighted by atomic mass is 16.5. The molecule has 3 aromatic carbocycles. The van der Waals surface area contributed by atoms with Crippen LogP contribution in [0.3, 0.4) is 0 Å². The van der Waals surface area contributed by atoms with Crippen LogP contribution in [0.2, 0.25) is 0 Å². The second kappa shape index (κ2) is 8.81. The summed E-state index contributed by atoms with van der Waals surface area (Å²) in [6.07, 6.45) is 0. The zero-order valence-corrected chi connectivity index (χ0v) is 15.0. The van der Waals surface area contributed by atoms with Gasteiger partial charge in [-0.1, -0.05) is 78.9 Å². The van der Waals surface area contributed by atoms with E-state index in [1.165, 1.54) is 7.11 Å². The molecular formula is C23H21NO3. The van der Waals surface area contributed by atoms with Crippen molar-refractivity contribution in [2.24, 2.45) is 0 Å². The summed E-state index contributed by atoms with van der Waals surface area (Å²) in [6.45, 7) is 0. The minimum absolute atomic E-state index is 0.317. The molecule has 3 rings (SSSR count). The highest BCUT2D eigenvalue weighted by molar-refractivity contribution is 5.97. The molecule has 0 heterocycles. The maximum absolute atomic E-state index is 12.7. The molecule has 0 bridgehead atoms. The summed E-state index contributed by atoms with van der Waals surface area (Å²) in [4.78, 5) is 25.4. The first-order valence-corrected chi connectivity index (χ1v) is 8.74. The number of esters is 1. The van der Waals surface area contributed by atoms with E-state index >= 15 is 0 Å². The number of nitrogens with one attached hydrogen (secondary N) is 1. The van der Waals surface area contributed by atoms with Crippen LogP contribution in [0.15, 0.2) is 91.0 Å². The largest absolute Gasteiger partial charge is 0.467 e. The Kier molecular flexibility index (Phi) is 6.00. The quantitative estimate of drug-likeness (QED) is 0.681. The number of amides is 1. The van der Waals surface area contributed by atoms with Crippen molar-refractivity contribution in [3.05, 3.63) is 108 Å². The van der Waals surface area contributed by atoms with Crippen LogP contribution in [0.1, 0.15) is 27.4 Å². The highest BCUT2D eigenvalue weighted by Gasteiger charge is 2.33. The lowest BCUT2D eigenvalue weighted by atomic mass is 9.84. The number of hydrogen-bond donors (Lipinski definition) is 1. The third-order valence-electron chi connectivity index (χ3n) is 4.43. The average Bonchev–Trinajstić information content (AvgIpc) is 2.74. The maximum atomic E-state index is 12.7. The Morgan fingerprint density at radius 3 is 1.63 bits per heavy atom. The molecule has 0 spiro atoms. The number of benzene rings is 3.